The molecule has 2 aromatic carbocycles. The minimum absolute atomic E-state index is 0.150. The first-order valence-corrected chi connectivity index (χ1v) is 8.83. The average Bonchev–Trinajstić information content (AvgIpc) is 2.61. The zero-order valence-electron chi connectivity index (χ0n) is 13.2. The molecule has 0 fully saturated rings. The molecule has 2 unspecified atom stereocenters. The summed E-state index contributed by atoms with van der Waals surface area (Å²) in [7, 11) is 0. The molecule has 0 aliphatic heterocycles. The van der Waals surface area contributed by atoms with Crippen molar-refractivity contribution < 1.29 is 5.11 Å². The van der Waals surface area contributed by atoms with E-state index in [4.69, 9.17) is 0 Å². The number of rotatable bonds is 6. The molecule has 3 rings (SSSR count). The monoisotopic (exact) mass is 323 g/mol. The quantitative estimate of drug-likeness (QED) is 0.667. The van der Waals surface area contributed by atoms with E-state index >= 15 is 0 Å². The van der Waals surface area contributed by atoms with E-state index in [0.717, 1.165) is 12.8 Å². The van der Waals surface area contributed by atoms with Crippen molar-refractivity contribution in [3.05, 3.63) is 72.6 Å². The Kier molecular flexibility index (Phi) is 5.31. The van der Waals surface area contributed by atoms with Gasteiger partial charge in [-0.05, 0) is 41.3 Å². The van der Waals surface area contributed by atoms with E-state index in [2.05, 4.69) is 60.4 Å². The van der Waals surface area contributed by atoms with Crippen LogP contribution in [0.1, 0.15) is 18.9 Å². The lowest BCUT2D eigenvalue weighted by Crippen LogP contribution is -2.20. The molecule has 3 heteroatoms. The van der Waals surface area contributed by atoms with Crippen LogP contribution in [0, 0.1) is 0 Å². The van der Waals surface area contributed by atoms with E-state index in [9.17, 15) is 5.11 Å². The fraction of sp³-hybridized carbons (Fsp3) is 0.250. The van der Waals surface area contributed by atoms with Gasteiger partial charge in [-0.1, -0.05) is 49.4 Å². The molecule has 0 aliphatic rings. The minimum atomic E-state index is -0.334. The summed E-state index contributed by atoms with van der Waals surface area (Å²) >= 11 is 1.75. The molecule has 2 nitrogen and oxygen atoms in total. The molecule has 1 aromatic heterocycles. The molecule has 0 saturated carbocycles. The average molecular weight is 323 g/mol. The number of nitrogens with zero attached hydrogens (tertiary/aromatic N) is 1. The minimum Gasteiger partial charge on any atom is -0.392 e. The molecule has 23 heavy (non-hydrogen) atoms. The molecule has 0 amide bonds. The Bertz CT molecular complexity index is 754. The molecule has 0 bridgehead atoms. The number of fused-ring (bicyclic) bond motifs is 1. The molecule has 0 radical (unpaired) electrons. The van der Waals surface area contributed by atoms with Crippen molar-refractivity contribution in [3.63, 3.8) is 0 Å². The molecule has 1 N–H and O–H groups in total. The molecular weight excluding hydrogens is 302 g/mol. The second kappa shape index (κ2) is 7.62. The van der Waals surface area contributed by atoms with Gasteiger partial charge in [-0.2, -0.15) is 0 Å². The third-order valence-electron chi connectivity index (χ3n) is 4.06. The number of aryl methyl sites for hydroxylation is 1. The number of aromatic nitrogens is 1. The first-order chi connectivity index (χ1) is 11.2. The van der Waals surface area contributed by atoms with E-state index in [1.807, 2.05) is 12.3 Å². The highest BCUT2D eigenvalue weighted by molar-refractivity contribution is 8.00. The van der Waals surface area contributed by atoms with E-state index in [1.165, 1.54) is 21.2 Å². The van der Waals surface area contributed by atoms with Gasteiger partial charge in [-0.3, -0.25) is 4.98 Å². The van der Waals surface area contributed by atoms with Gasteiger partial charge in [0.1, 0.15) is 0 Å². The van der Waals surface area contributed by atoms with Crippen molar-refractivity contribution in [1.82, 2.24) is 4.98 Å². The highest BCUT2D eigenvalue weighted by Crippen LogP contribution is 2.32. The Balaban J connectivity index is 1.64. The topological polar surface area (TPSA) is 33.1 Å². The first kappa shape index (κ1) is 16.0. The summed E-state index contributed by atoms with van der Waals surface area (Å²) in [6.45, 7) is 2.10. The molecule has 1 heterocycles. The van der Waals surface area contributed by atoms with Crippen LogP contribution in [-0.2, 0) is 6.42 Å². The van der Waals surface area contributed by atoms with Gasteiger partial charge in [-0.25, -0.2) is 0 Å². The predicted octanol–water partition coefficient (Wildman–Crippen LogP) is 4.71. The van der Waals surface area contributed by atoms with Crippen LogP contribution in [0.2, 0.25) is 0 Å². The van der Waals surface area contributed by atoms with E-state index in [0.29, 0.717) is 0 Å². The summed E-state index contributed by atoms with van der Waals surface area (Å²) < 4.78 is 0. The summed E-state index contributed by atoms with van der Waals surface area (Å²) in [4.78, 5) is 5.35. The highest BCUT2D eigenvalue weighted by Gasteiger charge is 2.16. The predicted molar refractivity (Wildman–Crippen MR) is 97.8 cm³/mol. The Morgan fingerprint density at radius 1 is 1.04 bits per heavy atom. The Morgan fingerprint density at radius 2 is 1.87 bits per heavy atom. The Labute approximate surface area is 141 Å². The van der Waals surface area contributed by atoms with Crippen LogP contribution in [0.25, 0.3) is 10.8 Å². The number of hydrogen-bond donors (Lipinski definition) is 1. The van der Waals surface area contributed by atoms with Gasteiger partial charge >= 0.3 is 0 Å². The molecule has 0 aliphatic carbocycles. The van der Waals surface area contributed by atoms with Gasteiger partial charge in [0.2, 0.25) is 0 Å². The van der Waals surface area contributed by atoms with Crippen molar-refractivity contribution in [2.24, 2.45) is 0 Å². The van der Waals surface area contributed by atoms with Crippen molar-refractivity contribution in [2.75, 3.05) is 0 Å². The molecular formula is C20H21NOS. The van der Waals surface area contributed by atoms with Gasteiger partial charge < -0.3 is 5.11 Å². The first-order valence-electron chi connectivity index (χ1n) is 7.95. The smallest absolute Gasteiger partial charge is 0.0662 e. The number of aliphatic hydroxyl groups is 1. The van der Waals surface area contributed by atoms with E-state index < -0.39 is 0 Å². The van der Waals surface area contributed by atoms with Crippen LogP contribution in [-0.4, -0.2) is 21.4 Å². The second-order valence-electron chi connectivity index (χ2n) is 5.77. The van der Waals surface area contributed by atoms with Crippen LogP contribution < -0.4 is 0 Å². The Hall–Kier alpha value is -1.84. The van der Waals surface area contributed by atoms with Crippen LogP contribution in [0.15, 0.2) is 71.9 Å². The summed E-state index contributed by atoms with van der Waals surface area (Å²) in [5, 5.41) is 13.1. The van der Waals surface area contributed by atoms with Gasteiger partial charge in [0.05, 0.1) is 6.10 Å². The van der Waals surface area contributed by atoms with Crippen LogP contribution in [0.3, 0.4) is 0 Å². The van der Waals surface area contributed by atoms with E-state index in [-0.39, 0.29) is 11.4 Å². The number of thioether (sulfide) groups is 1. The van der Waals surface area contributed by atoms with Crippen molar-refractivity contribution in [1.29, 1.82) is 0 Å². The van der Waals surface area contributed by atoms with Gasteiger partial charge in [-0.15, -0.1) is 11.8 Å². The van der Waals surface area contributed by atoms with Gasteiger partial charge in [0.15, 0.2) is 0 Å². The summed E-state index contributed by atoms with van der Waals surface area (Å²) in [6, 6.07) is 18.7. The maximum atomic E-state index is 10.5. The molecule has 0 saturated heterocycles. The SMILES string of the molecule is CC(Sc1cccc2ccccc12)C(O)CCc1cccnc1. The third-order valence-corrected chi connectivity index (χ3v) is 5.35. The molecule has 3 aromatic rings. The van der Waals surface area contributed by atoms with Crippen molar-refractivity contribution in [3.8, 4) is 0 Å². The van der Waals surface area contributed by atoms with Crippen LogP contribution in [0.4, 0.5) is 0 Å². The lowest BCUT2D eigenvalue weighted by atomic mass is 10.1. The number of aliphatic hydroxyl groups excluding tert-OH is 1. The molecule has 118 valence electrons. The van der Waals surface area contributed by atoms with Crippen molar-refractivity contribution in [2.45, 2.75) is 36.0 Å². The van der Waals surface area contributed by atoms with Gasteiger partial charge in [0, 0.05) is 22.5 Å². The van der Waals surface area contributed by atoms with Crippen LogP contribution in [0.5, 0.6) is 0 Å². The van der Waals surface area contributed by atoms with Crippen LogP contribution >= 0.6 is 11.8 Å². The zero-order valence-corrected chi connectivity index (χ0v) is 14.0. The number of benzene rings is 2. The second-order valence-corrected chi connectivity index (χ2v) is 7.19. The summed E-state index contributed by atoms with van der Waals surface area (Å²) in [5.41, 5.74) is 1.17. The highest BCUT2D eigenvalue weighted by atomic mass is 32.2. The standard InChI is InChI=1S/C20H21NOS/c1-15(19(22)12-11-16-6-5-13-21-14-16)23-20-10-4-8-17-7-2-3-9-18(17)20/h2-10,13-15,19,22H,11-12H2,1H3. The fourth-order valence-electron chi connectivity index (χ4n) is 2.67. The maximum absolute atomic E-state index is 10.5. The zero-order chi connectivity index (χ0) is 16.1. The molecule has 0 spiro atoms. The maximum Gasteiger partial charge on any atom is 0.0662 e. The lowest BCUT2D eigenvalue weighted by molar-refractivity contribution is 0.166. The normalized spacial score (nSPS) is 13.8. The molecule has 2 atom stereocenters. The summed E-state index contributed by atoms with van der Waals surface area (Å²) in [6.07, 6.45) is 4.92. The van der Waals surface area contributed by atoms with E-state index in [1.54, 1.807) is 18.0 Å². The Morgan fingerprint density at radius 3 is 2.70 bits per heavy atom. The van der Waals surface area contributed by atoms with Gasteiger partial charge in [0.25, 0.3) is 0 Å². The number of hydrogen-bond acceptors (Lipinski definition) is 3. The van der Waals surface area contributed by atoms with Crippen molar-refractivity contribution >= 4 is 22.5 Å². The summed E-state index contributed by atoms with van der Waals surface area (Å²) in [5.74, 6) is 0. The fourth-order valence-corrected chi connectivity index (χ4v) is 3.84. The third kappa shape index (κ3) is 4.12. The number of pyridine rings is 1. The largest absolute Gasteiger partial charge is 0.392 e. The lowest BCUT2D eigenvalue weighted by Gasteiger charge is -2.19.